The predicted octanol–water partition coefficient (Wildman–Crippen LogP) is 1.52. The Morgan fingerprint density at radius 1 is 1.12 bits per heavy atom. The number of nitrogens with one attached hydrogen (secondary N) is 1. The first kappa shape index (κ1) is 13.3. The first-order valence-electron chi connectivity index (χ1n) is 6.53. The highest BCUT2D eigenvalue weighted by atomic mass is 16.2. The van der Waals surface area contributed by atoms with Crippen LogP contribution in [0.2, 0.25) is 0 Å². The summed E-state index contributed by atoms with van der Waals surface area (Å²) in [5, 5.41) is 2.93. The molecule has 4 nitrogen and oxygen atoms in total. The van der Waals surface area contributed by atoms with E-state index in [0.29, 0.717) is 0 Å². The van der Waals surface area contributed by atoms with Crippen molar-refractivity contribution in [3.8, 4) is 0 Å². The van der Waals surface area contributed by atoms with Crippen LogP contribution in [0.4, 0.5) is 4.79 Å². The minimum atomic E-state index is 0.108. The molecule has 1 aliphatic heterocycles. The van der Waals surface area contributed by atoms with Crippen LogP contribution in [0, 0.1) is 0 Å². The minimum absolute atomic E-state index is 0.108. The summed E-state index contributed by atoms with van der Waals surface area (Å²) in [4.78, 5) is 16.1. The van der Waals surface area contributed by atoms with Crippen LogP contribution in [-0.4, -0.2) is 55.1 Å². The predicted molar refractivity (Wildman–Crippen MR) is 66.6 cm³/mol. The number of carbonyl (C=O) groups is 1. The monoisotopic (exact) mass is 227 g/mol. The van der Waals surface area contributed by atoms with Gasteiger partial charge in [-0.15, -0.1) is 0 Å². The van der Waals surface area contributed by atoms with Crippen LogP contribution in [0.5, 0.6) is 0 Å². The molecule has 0 saturated carbocycles. The molecule has 0 unspecified atom stereocenters. The molecule has 2 amide bonds. The summed E-state index contributed by atoms with van der Waals surface area (Å²) in [6.45, 7) is 10.1. The van der Waals surface area contributed by atoms with E-state index in [9.17, 15) is 4.79 Å². The van der Waals surface area contributed by atoms with Gasteiger partial charge in [0.1, 0.15) is 0 Å². The van der Waals surface area contributed by atoms with Gasteiger partial charge in [-0.25, -0.2) is 4.79 Å². The van der Waals surface area contributed by atoms with Crippen molar-refractivity contribution in [3.63, 3.8) is 0 Å². The average Bonchev–Trinajstić information content (AvgIpc) is 2.34. The molecule has 0 bridgehead atoms. The molecule has 0 radical (unpaired) electrons. The number of carbonyl (C=O) groups excluding carboxylic acids is 1. The van der Waals surface area contributed by atoms with Gasteiger partial charge in [-0.3, -0.25) is 4.90 Å². The molecule has 1 saturated heterocycles. The Morgan fingerprint density at radius 2 is 1.81 bits per heavy atom. The van der Waals surface area contributed by atoms with Gasteiger partial charge in [0, 0.05) is 32.7 Å². The number of nitrogens with zero attached hydrogens (tertiary/aromatic N) is 2. The Labute approximate surface area is 99.0 Å². The number of hydrogen-bond donors (Lipinski definition) is 1. The number of hydrogen-bond acceptors (Lipinski definition) is 2. The van der Waals surface area contributed by atoms with Crippen LogP contribution in [0.1, 0.15) is 33.1 Å². The molecule has 0 aromatic heterocycles. The van der Waals surface area contributed by atoms with Crippen molar-refractivity contribution in [2.45, 2.75) is 33.1 Å². The smallest absolute Gasteiger partial charge is 0.317 e. The molecule has 1 rings (SSSR count). The zero-order valence-corrected chi connectivity index (χ0v) is 10.7. The molecule has 0 aliphatic carbocycles. The Bertz CT molecular complexity index is 200. The van der Waals surface area contributed by atoms with Gasteiger partial charge in [-0.2, -0.15) is 0 Å². The van der Waals surface area contributed by atoms with Crippen molar-refractivity contribution >= 4 is 6.03 Å². The zero-order valence-electron chi connectivity index (χ0n) is 10.7. The maximum absolute atomic E-state index is 11.7. The van der Waals surface area contributed by atoms with E-state index in [1.807, 2.05) is 4.90 Å². The SMILES string of the molecule is CCCCN1CCN(C(=O)NCCC)CC1. The van der Waals surface area contributed by atoms with Crippen molar-refractivity contribution in [2.75, 3.05) is 39.3 Å². The number of amides is 2. The van der Waals surface area contributed by atoms with Crippen molar-refractivity contribution < 1.29 is 4.79 Å². The molecule has 16 heavy (non-hydrogen) atoms. The summed E-state index contributed by atoms with van der Waals surface area (Å²) in [5.74, 6) is 0. The largest absolute Gasteiger partial charge is 0.338 e. The lowest BCUT2D eigenvalue weighted by molar-refractivity contribution is 0.138. The quantitative estimate of drug-likeness (QED) is 0.773. The van der Waals surface area contributed by atoms with Gasteiger partial charge in [-0.05, 0) is 19.4 Å². The van der Waals surface area contributed by atoms with E-state index in [1.165, 1.54) is 19.4 Å². The Kier molecular flexibility index (Phi) is 6.23. The van der Waals surface area contributed by atoms with Crippen LogP contribution in [0.25, 0.3) is 0 Å². The molecule has 1 fully saturated rings. The molecule has 0 aromatic rings. The maximum Gasteiger partial charge on any atom is 0.317 e. The first-order chi connectivity index (χ1) is 7.77. The second kappa shape index (κ2) is 7.49. The summed E-state index contributed by atoms with van der Waals surface area (Å²) in [6, 6.07) is 0.108. The molecule has 94 valence electrons. The van der Waals surface area contributed by atoms with Crippen LogP contribution in [0.3, 0.4) is 0 Å². The molecular formula is C12H25N3O. The van der Waals surface area contributed by atoms with Gasteiger partial charge in [0.05, 0.1) is 0 Å². The zero-order chi connectivity index (χ0) is 11.8. The summed E-state index contributed by atoms with van der Waals surface area (Å²) in [7, 11) is 0. The fourth-order valence-corrected chi connectivity index (χ4v) is 1.90. The van der Waals surface area contributed by atoms with E-state index in [4.69, 9.17) is 0 Å². The van der Waals surface area contributed by atoms with Gasteiger partial charge in [0.2, 0.25) is 0 Å². The fraction of sp³-hybridized carbons (Fsp3) is 0.917. The van der Waals surface area contributed by atoms with Crippen LogP contribution in [0.15, 0.2) is 0 Å². The topological polar surface area (TPSA) is 35.6 Å². The molecule has 1 N–H and O–H groups in total. The third kappa shape index (κ3) is 4.39. The third-order valence-electron chi connectivity index (χ3n) is 3.01. The van der Waals surface area contributed by atoms with E-state index in [-0.39, 0.29) is 6.03 Å². The van der Waals surface area contributed by atoms with Gasteiger partial charge >= 0.3 is 6.03 Å². The average molecular weight is 227 g/mol. The van der Waals surface area contributed by atoms with E-state index >= 15 is 0 Å². The standard InChI is InChI=1S/C12H25N3O/c1-3-5-7-14-8-10-15(11-9-14)12(16)13-6-4-2/h3-11H2,1-2H3,(H,13,16). The van der Waals surface area contributed by atoms with Gasteiger partial charge in [-0.1, -0.05) is 20.3 Å². The highest BCUT2D eigenvalue weighted by Crippen LogP contribution is 2.03. The van der Waals surface area contributed by atoms with Crippen molar-refractivity contribution in [2.24, 2.45) is 0 Å². The second-order valence-corrected chi connectivity index (χ2v) is 4.41. The first-order valence-corrected chi connectivity index (χ1v) is 6.53. The highest BCUT2D eigenvalue weighted by Gasteiger charge is 2.19. The molecule has 4 heteroatoms. The molecule has 0 atom stereocenters. The highest BCUT2D eigenvalue weighted by molar-refractivity contribution is 5.74. The van der Waals surface area contributed by atoms with Gasteiger partial charge in [0.15, 0.2) is 0 Å². The lowest BCUT2D eigenvalue weighted by atomic mass is 10.2. The summed E-state index contributed by atoms with van der Waals surface area (Å²) < 4.78 is 0. The maximum atomic E-state index is 11.7. The molecular weight excluding hydrogens is 202 g/mol. The lowest BCUT2D eigenvalue weighted by Crippen LogP contribution is -2.51. The van der Waals surface area contributed by atoms with Crippen LogP contribution < -0.4 is 5.32 Å². The third-order valence-corrected chi connectivity index (χ3v) is 3.01. The molecule has 0 spiro atoms. The molecule has 0 aromatic carbocycles. The fourth-order valence-electron chi connectivity index (χ4n) is 1.90. The number of rotatable bonds is 5. The van der Waals surface area contributed by atoms with Crippen LogP contribution in [-0.2, 0) is 0 Å². The van der Waals surface area contributed by atoms with E-state index < -0.39 is 0 Å². The lowest BCUT2D eigenvalue weighted by Gasteiger charge is -2.34. The summed E-state index contributed by atoms with van der Waals surface area (Å²) in [6.07, 6.45) is 3.52. The minimum Gasteiger partial charge on any atom is -0.338 e. The van der Waals surface area contributed by atoms with E-state index in [2.05, 4.69) is 24.1 Å². The van der Waals surface area contributed by atoms with E-state index in [1.54, 1.807) is 0 Å². The number of unbranched alkanes of at least 4 members (excludes halogenated alkanes) is 1. The molecule has 1 aliphatic rings. The second-order valence-electron chi connectivity index (χ2n) is 4.41. The normalized spacial score (nSPS) is 17.5. The van der Waals surface area contributed by atoms with Gasteiger partial charge < -0.3 is 10.2 Å². The van der Waals surface area contributed by atoms with E-state index in [0.717, 1.165) is 39.1 Å². The number of piperazine rings is 1. The number of urea groups is 1. The molecule has 1 heterocycles. The van der Waals surface area contributed by atoms with Crippen molar-refractivity contribution in [1.82, 2.24) is 15.1 Å². The van der Waals surface area contributed by atoms with Crippen LogP contribution >= 0.6 is 0 Å². The van der Waals surface area contributed by atoms with Crippen molar-refractivity contribution in [1.29, 1.82) is 0 Å². The summed E-state index contributed by atoms with van der Waals surface area (Å²) in [5.41, 5.74) is 0. The Hall–Kier alpha value is -0.770. The van der Waals surface area contributed by atoms with Gasteiger partial charge in [0.25, 0.3) is 0 Å². The van der Waals surface area contributed by atoms with Crippen molar-refractivity contribution in [3.05, 3.63) is 0 Å². The Balaban J connectivity index is 2.18. The summed E-state index contributed by atoms with van der Waals surface area (Å²) >= 11 is 0. The Morgan fingerprint density at radius 3 is 2.38 bits per heavy atom.